The summed E-state index contributed by atoms with van der Waals surface area (Å²) in [6.07, 6.45) is 9.01. The highest BCUT2D eigenvalue weighted by Crippen LogP contribution is 2.31. The van der Waals surface area contributed by atoms with Gasteiger partial charge in [0.1, 0.15) is 12.4 Å². The number of benzene rings is 1. The zero-order chi connectivity index (χ0) is 16.4. The molecule has 0 aromatic heterocycles. The molecule has 130 valence electrons. The van der Waals surface area contributed by atoms with Gasteiger partial charge >= 0.3 is 0 Å². The molecule has 1 aliphatic carbocycles. The fourth-order valence-corrected chi connectivity index (χ4v) is 4.51. The third kappa shape index (κ3) is 3.30. The number of nitrogens with zero attached hydrogens (tertiary/aromatic N) is 1. The van der Waals surface area contributed by atoms with Crippen molar-refractivity contribution in [3.63, 3.8) is 0 Å². The maximum Gasteiger partial charge on any atom is 0.255 e. The molecule has 1 saturated heterocycles. The molecule has 0 atom stereocenters. The van der Waals surface area contributed by atoms with E-state index < -0.39 is 0 Å². The van der Waals surface area contributed by atoms with Gasteiger partial charge in [-0.05, 0) is 43.7 Å². The van der Waals surface area contributed by atoms with Crippen LogP contribution in [0.4, 0.5) is 0 Å². The lowest BCUT2D eigenvalue weighted by Crippen LogP contribution is -2.58. The molecule has 2 heterocycles. The normalized spacial score (nSPS) is 24.8. The van der Waals surface area contributed by atoms with Crippen LogP contribution in [0.1, 0.15) is 55.3 Å². The standard InChI is InChI=1S/C20H28N2O2/c23-19-17-8-4-5-9-18(17)24-15-20(21-19)10-12-22(13-11-20)14-16-6-2-1-3-7-16/h4-5,8-9,16H,1-3,6-7,10-15H2,(H,21,23). The summed E-state index contributed by atoms with van der Waals surface area (Å²) in [4.78, 5) is 15.2. The van der Waals surface area contributed by atoms with Crippen LogP contribution in [0.3, 0.4) is 0 Å². The van der Waals surface area contributed by atoms with Crippen LogP contribution < -0.4 is 10.1 Å². The molecule has 1 spiro atoms. The number of hydrogen-bond acceptors (Lipinski definition) is 3. The monoisotopic (exact) mass is 328 g/mol. The van der Waals surface area contributed by atoms with Gasteiger partial charge in [0.05, 0.1) is 11.1 Å². The number of rotatable bonds is 2. The van der Waals surface area contributed by atoms with Crippen molar-refractivity contribution in [1.29, 1.82) is 0 Å². The summed E-state index contributed by atoms with van der Waals surface area (Å²) in [5, 5.41) is 3.28. The molecule has 2 fully saturated rings. The van der Waals surface area contributed by atoms with Crippen LogP contribution in [-0.4, -0.2) is 42.6 Å². The number of carbonyl (C=O) groups excluding carboxylic acids is 1. The molecule has 1 aromatic carbocycles. The summed E-state index contributed by atoms with van der Waals surface area (Å²) < 4.78 is 6.00. The van der Waals surface area contributed by atoms with E-state index in [-0.39, 0.29) is 11.4 Å². The molecule has 0 unspecified atom stereocenters. The van der Waals surface area contributed by atoms with Gasteiger partial charge in [-0.2, -0.15) is 0 Å². The Hall–Kier alpha value is -1.55. The molecule has 24 heavy (non-hydrogen) atoms. The molecular formula is C20H28N2O2. The van der Waals surface area contributed by atoms with Crippen molar-refractivity contribution in [2.75, 3.05) is 26.2 Å². The lowest BCUT2D eigenvalue weighted by atomic mass is 9.85. The molecule has 1 amide bonds. The van der Waals surface area contributed by atoms with Crippen molar-refractivity contribution in [2.45, 2.75) is 50.5 Å². The highest BCUT2D eigenvalue weighted by atomic mass is 16.5. The second kappa shape index (κ2) is 6.75. The van der Waals surface area contributed by atoms with Crippen molar-refractivity contribution >= 4 is 5.91 Å². The van der Waals surface area contributed by atoms with Crippen LogP contribution in [-0.2, 0) is 0 Å². The molecule has 1 N–H and O–H groups in total. The van der Waals surface area contributed by atoms with Gasteiger partial charge in [0.25, 0.3) is 5.91 Å². The number of para-hydroxylation sites is 1. The minimum atomic E-state index is -0.195. The number of ether oxygens (including phenoxy) is 1. The van der Waals surface area contributed by atoms with E-state index in [0.29, 0.717) is 12.2 Å². The number of nitrogens with one attached hydrogen (secondary N) is 1. The quantitative estimate of drug-likeness (QED) is 0.906. The Morgan fingerprint density at radius 3 is 2.67 bits per heavy atom. The molecule has 1 aromatic rings. The molecule has 4 heteroatoms. The van der Waals surface area contributed by atoms with E-state index in [9.17, 15) is 4.79 Å². The van der Waals surface area contributed by atoms with E-state index in [0.717, 1.165) is 37.6 Å². The number of carbonyl (C=O) groups is 1. The highest BCUT2D eigenvalue weighted by Gasteiger charge is 2.39. The first kappa shape index (κ1) is 15.9. The Morgan fingerprint density at radius 1 is 1.12 bits per heavy atom. The first-order valence-corrected chi connectivity index (χ1v) is 9.51. The third-order valence-corrected chi connectivity index (χ3v) is 6.07. The Kier molecular flexibility index (Phi) is 4.49. The zero-order valence-electron chi connectivity index (χ0n) is 14.4. The summed E-state index contributed by atoms with van der Waals surface area (Å²) in [6.45, 7) is 3.96. The van der Waals surface area contributed by atoms with Gasteiger partial charge in [-0.15, -0.1) is 0 Å². The van der Waals surface area contributed by atoms with Gasteiger partial charge in [0.15, 0.2) is 0 Å². The van der Waals surface area contributed by atoms with Crippen LogP contribution >= 0.6 is 0 Å². The average Bonchev–Trinajstić information content (AvgIpc) is 2.76. The molecule has 4 rings (SSSR count). The Morgan fingerprint density at radius 2 is 1.88 bits per heavy atom. The molecule has 0 bridgehead atoms. The number of piperidine rings is 1. The highest BCUT2D eigenvalue weighted by molar-refractivity contribution is 5.97. The van der Waals surface area contributed by atoms with Crippen molar-refractivity contribution in [1.82, 2.24) is 10.2 Å². The van der Waals surface area contributed by atoms with Gasteiger partial charge in [0.2, 0.25) is 0 Å². The lowest BCUT2D eigenvalue weighted by Gasteiger charge is -2.42. The Bertz CT molecular complexity index is 587. The minimum absolute atomic E-state index is 0.0174. The van der Waals surface area contributed by atoms with Crippen LogP contribution in [0.5, 0.6) is 5.75 Å². The van der Waals surface area contributed by atoms with Crippen LogP contribution in [0.25, 0.3) is 0 Å². The van der Waals surface area contributed by atoms with Gasteiger partial charge in [-0.25, -0.2) is 0 Å². The number of likely N-dealkylation sites (tertiary alicyclic amines) is 1. The zero-order valence-corrected chi connectivity index (χ0v) is 14.4. The summed E-state index contributed by atoms with van der Waals surface area (Å²) in [6, 6.07) is 7.57. The fraction of sp³-hybridized carbons (Fsp3) is 0.650. The van der Waals surface area contributed by atoms with E-state index in [1.807, 2.05) is 24.3 Å². The minimum Gasteiger partial charge on any atom is -0.490 e. The second-order valence-corrected chi connectivity index (χ2v) is 7.82. The van der Waals surface area contributed by atoms with E-state index in [2.05, 4.69) is 10.2 Å². The van der Waals surface area contributed by atoms with Gasteiger partial charge < -0.3 is 15.0 Å². The third-order valence-electron chi connectivity index (χ3n) is 6.07. The molecule has 4 nitrogen and oxygen atoms in total. The van der Waals surface area contributed by atoms with Gasteiger partial charge in [-0.3, -0.25) is 4.79 Å². The molecule has 0 radical (unpaired) electrons. The lowest BCUT2D eigenvalue weighted by molar-refractivity contribution is 0.0669. The summed E-state index contributed by atoms with van der Waals surface area (Å²) in [5.74, 6) is 1.62. The first-order chi connectivity index (χ1) is 11.7. The van der Waals surface area contributed by atoms with Crippen LogP contribution in [0.15, 0.2) is 24.3 Å². The number of hydrogen-bond donors (Lipinski definition) is 1. The van der Waals surface area contributed by atoms with Crippen molar-refractivity contribution in [3.05, 3.63) is 29.8 Å². The van der Waals surface area contributed by atoms with E-state index >= 15 is 0 Å². The second-order valence-electron chi connectivity index (χ2n) is 7.82. The number of amides is 1. The Labute approximate surface area is 144 Å². The van der Waals surface area contributed by atoms with Crippen molar-refractivity contribution in [3.8, 4) is 5.75 Å². The summed E-state index contributed by atoms with van der Waals surface area (Å²) in [5.41, 5.74) is 0.470. The fourth-order valence-electron chi connectivity index (χ4n) is 4.51. The van der Waals surface area contributed by atoms with Gasteiger partial charge in [-0.1, -0.05) is 31.4 Å². The maximum absolute atomic E-state index is 12.6. The first-order valence-electron chi connectivity index (χ1n) is 9.51. The molecular weight excluding hydrogens is 300 g/mol. The predicted molar refractivity (Wildman–Crippen MR) is 94.4 cm³/mol. The largest absolute Gasteiger partial charge is 0.490 e. The van der Waals surface area contributed by atoms with E-state index in [4.69, 9.17) is 4.74 Å². The maximum atomic E-state index is 12.6. The SMILES string of the molecule is O=C1NC2(CCN(CC3CCCCC3)CC2)COc2ccccc21. The van der Waals surface area contributed by atoms with Gasteiger partial charge in [0, 0.05) is 19.6 Å². The smallest absolute Gasteiger partial charge is 0.255 e. The molecule has 2 aliphatic heterocycles. The van der Waals surface area contributed by atoms with E-state index in [1.165, 1.54) is 38.6 Å². The van der Waals surface area contributed by atoms with Crippen LogP contribution in [0, 0.1) is 5.92 Å². The predicted octanol–water partition coefficient (Wildman–Crippen LogP) is 3.22. The van der Waals surface area contributed by atoms with Crippen molar-refractivity contribution < 1.29 is 9.53 Å². The van der Waals surface area contributed by atoms with E-state index in [1.54, 1.807) is 0 Å². The molecule has 3 aliphatic rings. The Balaban J connectivity index is 1.37. The molecule has 1 saturated carbocycles. The summed E-state index contributed by atoms with van der Waals surface area (Å²) in [7, 11) is 0. The van der Waals surface area contributed by atoms with Crippen molar-refractivity contribution in [2.24, 2.45) is 5.92 Å². The summed E-state index contributed by atoms with van der Waals surface area (Å²) >= 11 is 0. The van der Waals surface area contributed by atoms with Crippen LogP contribution in [0.2, 0.25) is 0 Å². The topological polar surface area (TPSA) is 41.6 Å². The number of fused-ring (bicyclic) bond motifs is 1. The average molecular weight is 328 g/mol.